The normalized spacial score (nSPS) is 18.2. The van der Waals surface area contributed by atoms with E-state index in [9.17, 15) is 0 Å². The maximum absolute atomic E-state index is 5.46. The zero-order valence-electron chi connectivity index (χ0n) is 13.1. The number of aromatic nitrogens is 2. The van der Waals surface area contributed by atoms with E-state index in [0.717, 1.165) is 37.5 Å². The van der Waals surface area contributed by atoms with Crippen molar-refractivity contribution in [1.82, 2.24) is 15.0 Å². The van der Waals surface area contributed by atoms with Crippen molar-refractivity contribution in [2.24, 2.45) is 0 Å². The number of aryl methyl sites for hydroxylation is 1. The summed E-state index contributed by atoms with van der Waals surface area (Å²) in [6, 6.07) is 6.94. The molecule has 1 atom stereocenters. The van der Waals surface area contributed by atoms with Crippen molar-refractivity contribution in [1.29, 1.82) is 0 Å². The summed E-state index contributed by atoms with van der Waals surface area (Å²) in [6.07, 6.45) is 3.02. The average Bonchev–Trinajstić information content (AvgIpc) is 3.28. The Balaban J connectivity index is 1.61. The predicted molar refractivity (Wildman–Crippen MR) is 92.9 cm³/mol. The molecule has 0 aromatic carbocycles. The molecule has 0 fully saturated rings. The molecule has 0 saturated heterocycles. The quantitative estimate of drug-likeness (QED) is 0.692. The SMILES string of the molecule is CCCc1noc(CN2CCc3sccc3C2c2cccs2)n1. The molecular weight excluding hydrogens is 326 g/mol. The molecule has 1 aliphatic heterocycles. The van der Waals surface area contributed by atoms with Gasteiger partial charge in [-0.05, 0) is 41.3 Å². The minimum atomic E-state index is 0.312. The summed E-state index contributed by atoms with van der Waals surface area (Å²) < 4.78 is 5.46. The van der Waals surface area contributed by atoms with Gasteiger partial charge >= 0.3 is 0 Å². The second-order valence-corrected chi connectivity index (χ2v) is 7.77. The molecule has 0 amide bonds. The van der Waals surface area contributed by atoms with Gasteiger partial charge < -0.3 is 4.52 Å². The van der Waals surface area contributed by atoms with Gasteiger partial charge in [-0.1, -0.05) is 18.1 Å². The lowest BCUT2D eigenvalue weighted by atomic mass is 9.98. The van der Waals surface area contributed by atoms with Crippen LogP contribution in [0.5, 0.6) is 0 Å². The van der Waals surface area contributed by atoms with E-state index in [2.05, 4.69) is 50.9 Å². The van der Waals surface area contributed by atoms with Gasteiger partial charge in [0.25, 0.3) is 0 Å². The van der Waals surface area contributed by atoms with Crippen molar-refractivity contribution < 1.29 is 4.52 Å². The van der Waals surface area contributed by atoms with Crippen molar-refractivity contribution in [2.45, 2.75) is 38.8 Å². The summed E-state index contributed by atoms with van der Waals surface area (Å²) in [5.74, 6) is 1.55. The molecule has 23 heavy (non-hydrogen) atoms. The molecule has 4 nitrogen and oxygen atoms in total. The summed E-state index contributed by atoms with van der Waals surface area (Å²) >= 11 is 3.69. The molecule has 1 unspecified atom stereocenters. The minimum Gasteiger partial charge on any atom is -0.338 e. The van der Waals surface area contributed by atoms with E-state index in [1.54, 1.807) is 0 Å². The number of hydrogen-bond acceptors (Lipinski definition) is 6. The maximum Gasteiger partial charge on any atom is 0.240 e. The fourth-order valence-corrected chi connectivity index (χ4v) is 4.95. The number of hydrogen-bond donors (Lipinski definition) is 0. The van der Waals surface area contributed by atoms with Crippen LogP contribution in [-0.2, 0) is 19.4 Å². The molecule has 0 N–H and O–H groups in total. The Kier molecular flexibility index (Phi) is 4.29. The largest absolute Gasteiger partial charge is 0.338 e. The Morgan fingerprint density at radius 2 is 2.26 bits per heavy atom. The first-order valence-electron chi connectivity index (χ1n) is 8.00. The standard InChI is InChI=1S/C17H19N3OS2/c1-2-4-15-18-16(21-19-15)11-20-8-6-13-12(7-10-23-13)17(20)14-5-3-9-22-14/h3,5,7,9-10,17H,2,4,6,8,11H2,1H3. The first-order chi connectivity index (χ1) is 11.3. The van der Waals surface area contributed by atoms with Gasteiger partial charge in [-0.15, -0.1) is 22.7 Å². The van der Waals surface area contributed by atoms with E-state index in [1.807, 2.05) is 22.7 Å². The van der Waals surface area contributed by atoms with Crippen molar-refractivity contribution in [3.8, 4) is 0 Å². The summed E-state index contributed by atoms with van der Waals surface area (Å²) in [4.78, 5) is 9.90. The molecule has 0 bridgehead atoms. The van der Waals surface area contributed by atoms with Crippen molar-refractivity contribution in [3.63, 3.8) is 0 Å². The van der Waals surface area contributed by atoms with Gasteiger partial charge in [-0.3, -0.25) is 4.90 Å². The molecular formula is C17H19N3OS2. The Hall–Kier alpha value is -1.50. The lowest BCUT2D eigenvalue weighted by molar-refractivity contribution is 0.181. The molecule has 0 spiro atoms. The van der Waals surface area contributed by atoms with Crippen LogP contribution in [-0.4, -0.2) is 21.6 Å². The lowest BCUT2D eigenvalue weighted by Gasteiger charge is -2.34. The van der Waals surface area contributed by atoms with Crippen LogP contribution >= 0.6 is 22.7 Å². The first kappa shape index (κ1) is 15.1. The predicted octanol–water partition coefficient (Wildman–Crippen LogP) is 4.29. The lowest BCUT2D eigenvalue weighted by Crippen LogP contribution is -2.34. The molecule has 4 rings (SSSR count). The Morgan fingerprint density at radius 1 is 1.30 bits per heavy atom. The summed E-state index contributed by atoms with van der Waals surface area (Å²) in [6.45, 7) is 3.88. The zero-order valence-corrected chi connectivity index (χ0v) is 14.7. The molecule has 0 saturated carbocycles. The molecule has 120 valence electrons. The Bertz CT molecular complexity index is 763. The van der Waals surface area contributed by atoms with Crippen LogP contribution in [0, 0.1) is 0 Å². The third-order valence-corrected chi connectivity index (χ3v) is 6.12. The molecule has 3 aromatic rings. The molecule has 1 aliphatic rings. The van der Waals surface area contributed by atoms with Gasteiger partial charge in [0.05, 0.1) is 12.6 Å². The van der Waals surface area contributed by atoms with Crippen molar-refractivity contribution in [2.75, 3.05) is 6.54 Å². The number of fused-ring (bicyclic) bond motifs is 1. The van der Waals surface area contributed by atoms with Crippen molar-refractivity contribution in [3.05, 3.63) is 56.0 Å². The van der Waals surface area contributed by atoms with Crippen LogP contribution in [0.25, 0.3) is 0 Å². The third kappa shape index (κ3) is 2.98. The van der Waals surface area contributed by atoms with Crippen LogP contribution in [0.1, 0.15) is 46.4 Å². The van der Waals surface area contributed by atoms with E-state index in [0.29, 0.717) is 12.6 Å². The number of nitrogens with zero attached hydrogens (tertiary/aromatic N) is 3. The molecule has 6 heteroatoms. The van der Waals surface area contributed by atoms with Crippen LogP contribution in [0.3, 0.4) is 0 Å². The van der Waals surface area contributed by atoms with Crippen LogP contribution in [0.2, 0.25) is 0 Å². The highest BCUT2D eigenvalue weighted by Gasteiger charge is 2.31. The minimum absolute atomic E-state index is 0.312. The molecule has 4 heterocycles. The molecule has 0 radical (unpaired) electrons. The summed E-state index contributed by atoms with van der Waals surface area (Å²) in [7, 11) is 0. The average molecular weight is 345 g/mol. The second kappa shape index (κ2) is 6.55. The van der Waals surface area contributed by atoms with Gasteiger partial charge in [0.15, 0.2) is 5.82 Å². The number of rotatable bonds is 5. The zero-order chi connectivity index (χ0) is 15.6. The Labute approximate surface area is 143 Å². The van der Waals surface area contributed by atoms with E-state index in [4.69, 9.17) is 4.52 Å². The third-order valence-electron chi connectivity index (χ3n) is 4.20. The number of thiophene rings is 2. The van der Waals surface area contributed by atoms with Gasteiger partial charge in [-0.2, -0.15) is 4.98 Å². The van der Waals surface area contributed by atoms with E-state index in [1.165, 1.54) is 15.3 Å². The fraction of sp³-hybridized carbons (Fsp3) is 0.412. The highest BCUT2D eigenvalue weighted by Crippen LogP contribution is 2.39. The first-order valence-corrected chi connectivity index (χ1v) is 9.76. The van der Waals surface area contributed by atoms with Crippen LogP contribution in [0.15, 0.2) is 33.5 Å². The fourth-order valence-electron chi connectivity index (χ4n) is 3.17. The topological polar surface area (TPSA) is 42.2 Å². The smallest absolute Gasteiger partial charge is 0.240 e. The van der Waals surface area contributed by atoms with Crippen LogP contribution < -0.4 is 0 Å². The summed E-state index contributed by atoms with van der Waals surface area (Å²) in [5.41, 5.74) is 1.44. The van der Waals surface area contributed by atoms with E-state index in [-0.39, 0.29) is 0 Å². The van der Waals surface area contributed by atoms with Gasteiger partial charge in [0, 0.05) is 22.7 Å². The summed E-state index contributed by atoms with van der Waals surface area (Å²) in [5, 5.41) is 8.45. The van der Waals surface area contributed by atoms with Gasteiger partial charge in [0.2, 0.25) is 5.89 Å². The highest BCUT2D eigenvalue weighted by atomic mass is 32.1. The van der Waals surface area contributed by atoms with E-state index < -0.39 is 0 Å². The van der Waals surface area contributed by atoms with E-state index >= 15 is 0 Å². The maximum atomic E-state index is 5.46. The van der Waals surface area contributed by atoms with Crippen LogP contribution in [0.4, 0.5) is 0 Å². The second-order valence-electron chi connectivity index (χ2n) is 5.79. The Morgan fingerprint density at radius 3 is 3.09 bits per heavy atom. The molecule has 0 aliphatic carbocycles. The highest BCUT2D eigenvalue weighted by molar-refractivity contribution is 7.10. The van der Waals surface area contributed by atoms with Crippen molar-refractivity contribution >= 4 is 22.7 Å². The monoisotopic (exact) mass is 345 g/mol. The van der Waals surface area contributed by atoms with Gasteiger partial charge in [-0.25, -0.2) is 0 Å². The van der Waals surface area contributed by atoms with Gasteiger partial charge in [0.1, 0.15) is 0 Å². The molecule has 3 aromatic heterocycles.